The van der Waals surface area contributed by atoms with Gasteiger partial charge in [-0.05, 0) is 48.7 Å². The van der Waals surface area contributed by atoms with Gasteiger partial charge in [-0.15, -0.1) is 0 Å². The van der Waals surface area contributed by atoms with Crippen molar-refractivity contribution in [3.63, 3.8) is 0 Å². The van der Waals surface area contributed by atoms with Crippen LogP contribution in [0.25, 0.3) is 0 Å². The topological polar surface area (TPSA) is 61.3 Å². The summed E-state index contributed by atoms with van der Waals surface area (Å²) in [4.78, 5) is 0. The lowest BCUT2D eigenvalue weighted by atomic mass is 10.1. The van der Waals surface area contributed by atoms with Crippen molar-refractivity contribution >= 4 is 35.6 Å². The van der Waals surface area contributed by atoms with Crippen LogP contribution in [0.3, 0.4) is 0 Å². The molecule has 0 spiro atoms. The second-order valence-electron chi connectivity index (χ2n) is 6.78. The predicted molar refractivity (Wildman–Crippen MR) is 94.4 cm³/mol. The van der Waals surface area contributed by atoms with Crippen LogP contribution in [0.4, 0.5) is 11.4 Å². The van der Waals surface area contributed by atoms with Crippen LogP contribution in [0.5, 0.6) is 0 Å². The number of aryl methyl sites for hydroxylation is 1. The fourth-order valence-corrected chi connectivity index (χ4v) is 3.32. The summed E-state index contributed by atoms with van der Waals surface area (Å²) < 4.78 is 7.15. The molecule has 0 saturated carbocycles. The van der Waals surface area contributed by atoms with Gasteiger partial charge in [-0.25, -0.2) is 0 Å². The number of halogens is 1. The lowest BCUT2D eigenvalue weighted by Gasteiger charge is -2.36. The highest BCUT2D eigenvalue weighted by Crippen LogP contribution is 2.36. The van der Waals surface area contributed by atoms with Crippen LogP contribution in [0.1, 0.15) is 32.8 Å². The summed E-state index contributed by atoms with van der Waals surface area (Å²) in [7, 11) is -1.64. The lowest BCUT2D eigenvalue weighted by molar-refractivity contribution is 0.282. The average molecular weight is 359 g/mol. The standard InChI is InChI=1S/C15H27BrN2OSi/c1-15(2,3)20(4,5)19-8-6-7-11-9-12(16)10-13(17)14(11)18/h9-10H,6-8,17-18H2,1-5H3. The number of nitrogens with two attached hydrogens (primary N) is 2. The summed E-state index contributed by atoms with van der Waals surface area (Å²) in [6.07, 6.45) is 1.86. The first-order valence-electron chi connectivity index (χ1n) is 7.02. The first-order valence-corrected chi connectivity index (χ1v) is 10.7. The van der Waals surface area contributed by atoms with Gasteiger partial charge in [0.25, 0.3) is 0 Å². The maximum atomic E-state index is 6.17. The molecule has 0 fully saturated rings. The maximum Gasteiger partial charge on any atom is 0.191 e. The van der Waals surface area contributed by atoms with Gasteiger partial charge in [-0.2, -0.15) is 0 Å². The Labute approximate surface area is 132 Å². The molecule has 20 heavy (non-hydrogen) atoms. The Morgan fingerprint density at radius 3 is 2.35 bits per heavy atom. The maximum absolute atomic E-state index is 6.17. The quantitative estimate of drug-likeness (QED) is 0.460. The molecule has 5 heteroatoms. The van der Waals surface area contributed by atoms with Crippen molar-refractivity contribution in [3.05, 3.63) is 22.2 Å². The van der Waals surface area contributed by atoms with E-state index in [1.165, 1.54) is 0 Å². The largest absolute Gasteiger partial charge is 0.417 e. The molecule has 0 unspecified atom stereocenters. The summed E-state index contributed by atoms with van der Waals surface area (Å²) in [6, 6.07) is 3.88. The van der Waals surface area contributed by atoms with Crippen molar-refractivity contribution in [2.75, 3.05) is 18.1 Å². The molecule has 3 nitrogen and oxygen atoms in total. The van der Waals surface area contributed by atoms with Crippen molar-refractivity contribution < 1.29 is 4.43 Å². The van der Waals surface area contributed by atoms with E-state index in [1.54, 1.807) is 0 Å². The Morgan fingerprint density at radius 1 is 1.20 bits per heavy atom. The molecule has 0 heterocycles. The molecular weight excluding hydrogens is 332 g/mol. The number of hydrogen-bond acceptors (Lipinski definition) is 3. The number of benzene rings is 1. The normalized spacial score (nSPS) is 12.7. The minimum Gasteiger partial charge on any atom is -0.417 e. The van der Waals surface area contributed by atoms with Crippen LogP contribution in [-0.4, -0.2) is 14.9 Å². The summed E-state index contributed by atoms with van der Waals surface area (Å²) >= 11 is 3.45. The molecule has 0 aliphatic carbocycles. The van der Waals surface area contributed by atoms with Crippen LogP contribution < -0.4 is 11.5 Å². The molecule has 0 radical (unpaired) electrons. The molecule has 1 aromatic carbocycles. The van der Waals surface area contributed by atoms with E-state index < -0.39 is 8.32 Å². The Hall–Kier alpha value is -0.523. The zero-order valence-corrected chi connectivity index (χ0v) is 15.8. The minimum absolute atomic E-state index is 0.256. The molecule has 0 atom stereocenters. The van der Waals surface area contributed by atoms with Gasteiger partial charge in [0.2, 0.25) is 0 Å². The highest BCUT2D eigenvalue weighted by molar-refractivity contribution is 9.10. The number of rotatable bonds is 5. The second-order valence-corrected chi connectivity index (χ2v) is 12.5. The van der Waals surface area contributed by atoms with Gasteiger partial charge in [0.05, 0.1) is 11.4 Å². The zero-order valence-electron chi connectivity index (χ0n) is 13.2. The third-order valence-electron chi connectivity index (χ3n) is 4.12. The van der Waals surface area contributed by atoms with E-state index in [0.29, 0.717) is 11.4 Å². The second kappa shape index (κ2) is 6.50. The molecule has 0 amide bonds. The van der Waals surface area contributed by atoms with E-state index >= 15 is 0 Å². The van der Waals surface area contributed by atoms with Crippen LogP contribution in [0, 0.1) is 0 Å². The predicted octanol–water partition coefficient (Wildman–Crippen LogP) is 4.57. The fourth-order valence-electron chi connectivity index (χ4n) is 1.71. The summed E-state index contributed by atoms with van der Waals surface area (Å²) in [6.45, 7) is 12.1. The van der Waals surface area contributed by atoms with Crippen LogP contribution >= 0.6 is 15.9 Å². The molecule has 0 aromatic heterocycles. The summed E-state index contributed by atoms with van der Waals surface area (Å²) in [5.41, 5.74) is 14.3. The van der Waals surface area contributed by atoms with E-state index in [4.69, 9.17) is 15.9 Å². The average Bonchev–Trinajstić information content (AvgIpc) is 2.29. The molecular formula is C15H27BrN2OSi. The summed E-state index contributed by atoms with van der Waals surface area (Å²) in [5, 5.41) is 0.256. The van der Waals surface area contributed by atoms with Gasteiger partial charge in [-0.1, -0.05) is 36.7 Å². The van der Waals surface area contributed by atoms with Crippen LogP contribution in [0.2, 0.25) is 18.1 Å². The molecule has 0 aliphatic rings. The van der Waals surface area contributed by atoms with Crippen molar-refractivity contribution in [2.45, 2.75) is 51.7 Å². The third-order valence-corrected chi connectivity index (χ3v) is 9.12. The number of hydrogen-bond donors (Lipinski definition) is 2. The molecule has 4 N–H and O–H groups in total. The Balaban J connectivity index is 2.54. The number of nitrogen functional groups attached to an aromatic ring is 2. The van der Waals surface area contributed by atoms with Crippen molar-refractivity contribution in [3.8, 4) is 0 Å². The molecule has 0 aliphatic heterocycles. The van der Waals surface area contributed by atoms with Crippen LogP contribution in [-0.2, 0) is 10.8 Å². The molecule has 0 bridgehead atoms. The third kappa shape index (κ3) is 4.50. The van der Waals surface area contributed by atoms with Gasteiger partial charge in [-0.3, -0.25) is 0 Å². The van der Waals surface area contributed by atoms with Gasteiger partial charge in [0, 0.05) is 11.1 Å². The van der Waals surface area contributed by atoms with E-state index in [9.17, 15) is 0 Å². The minimum atomic E-state index is -1.64. The van der Waals surface area contributed by atoms with E-state index in [1.807, 2.05) is 12.1 Å². The fraction of sp³-hybridized carbons (Fsp3) is 0.600. The first kappa shape index (κ1) is 17.5. The SMILES string of the molecule is CC(C)(C)[Si](C)(C)OCCCc1cc(Br)cc(N)c1N. The van der Waals surface area contributed by atoms with Crippen LogP contribution in [0.15, 0.2) is 16.6 Å². The Kier molecular flexibility index (Phi) is 5.69. The van der Waals surface area contributed by atoms with Gasteiger partial charge < -0.3 is 15.9 Å². The van der Waals surface area contributed by atoms with E-state index in [0.717, 1.165) is 29.5 Å². The van der Waals surface area contributed by atoms with Crippen molar-refractivity contribution in [1.82, 2.24) is 0 Å². The van der Waals surface area contributed by atoms with Gasteiger partial charge in [0.15, 0.2) is 8.32 Å². The highest BCUT2D eigenvalue weighted by Gasteiger charge is 2.36. The molecule has 1 rings (SSSR count). The Morgan fingerprint density at radius 2 is 1.80 bits per heavy atom. The lowest BCUT2D eigenvalue weighted by Crippen LogP contribution is -2.41. The van der Waals surface area contributed by atoms with Crippen molar-refractivity contribution in [2.24, 2.45) is 0 Å². The first-order chi connectivity index (χ1) is 9.04. The van der Waals surface area contributed by atoms with Gasteiger partial charge in [0.1, 0.15) is 0 Å². The van der Waals surface area contributed by atoms with E-state index in [2.05, 4.69) is 49.8 Å². The number of anilines is 2. The van der Waals surface area contributed by atoms with E-state index in [-0.39, 0.29) is 5.04 Å². The van der Waals surface area contributed by atoms with Crippen molar-refractivity contribution in [1.29, 1.82) is 0 Å². The molecule has 114 valence electrons. The summed E-state index contributed by atoms with van der Waals surface area (Å²) in [5.74, 6) is 0. The highest BCUT2D eigenvalue weighted by atomic mass is 79.9. The Bertz CT molecular complexity index is 470. The molecule has 1 aromatic rings. The molecule has 0 saturated heterocycles. The monoisotopic (exact) mass is 358 g/mol. The zero-order chi connectivity index (χ0) is 15.6. The smallest absolute Gasteiger partial charge is 0.191 e. The van der Waals surface area contributed by atoms with Gasteiger partial charge >= 0.3 is 0 Å².